The molecule has 0 aliphatic carbocycles. The Hall–Kier alpha value is -2.78. The summed E-state index contributed by atoms with van der Waals surface area (Å²) < 4.78 is 46.0. The Bertz CT molecular complexity index is 1340. The first-order valence-corrected chi connectivity index (χ1v) is 14.0. The normalized spacial score (nSPS) is 18.1. The van der Waals surface area contributed by atoms with Crippen molar-refractivity contribution in [3.63, 3.8) is 0 Å². The van der Waals surface area contributed by atoms with Crippen LogP contribution in [0.4, 0.5) is 18.9 Å². The quantitative estimate of drug-likeness (QED) is 0.192. The third kappa shape index (κ3) is 7.98. The Morgan fingerprint density at radius 1 is 0.905 bits per heavy atom. The Balaban J connectivity index is 0.00000242. The zero-order chi connectivity index (χ0) is 28.2. The average molecular weight is 625 g/mol. The summed E-state index contributed by atoms with van der Waals surface area (Å²) in [5.74, 6) is -2.91. The van der Waals surface area contributed by atoms with E-state index in [-0.39, 0.29) is 36.6 Å². The highest BCUT2D eigenvalue weighted by Crippen LogP contribution is 2.34. The molecule has 0 spiro atoms. The largest absolute Gasteiger partial charge is 0.454 e. The van der Waals surface area contributed by atoms with E-state index in [9.17, 15) is 18.0 Å². The molecular formula is C32H38Cl2F3N3O2. The maximum absolute atomic E-state index is 13.9. The first-order chi connectivity index (χ1) is 19.3. The second-order valence-corrected chi connectivity index (χ2v) is 11.1. The molecular weight excluding hydrogens is 586 g/mol. The second kappa shape index (κ2) is 15.1. The number of piperidine rings is 2. The van der Waals surface area contributed by atoms with Crippen molar-refractivity contribution in [2.75, 3.05) is 38.1 Å². The molecule has 2 aliphatic heterocycles. The van der Waals surface area contributed by atoms with Crippen LogP contribution in [0.15, 0.2) is 54.6 Å². The fourth-order valence-corrected chi connectivity index (χ4v) is 5.98. The van der Waals surface area contributed by atoms with Gasteiger partial charge >= 0.3 is 0 Å². The van der Waals surface area contributed by atoms with Crippen LogP contribution in [-0.2, 0) is 11.3 Å². The van der Waals surface area contributed by atoms with Crippen LogP contribution in [0.3, 0.4) is 0 Å². The van der Waals surface area contributed by atoms with Crippen molar-refractivity contribution >= 4 is 36.9 Å². The molecule has 2 saturated heterocycles. The van der Waals surface area contributed by atoms with Crippen molar-refractivity contribution in [3.05, 3.63) is 88.7 Å². The summed E-state index contributed by atoms with van der Waals surface area (Å²) in [6.07, 6.45) is 5.19. The van der Waals surface area contributed by atoms with E-state index in [4.69, 9.17) is 4.74 Å². The summed E-state index contributed by atoms with van der Waals surface area (Å²) in [6, 6.07) is 15.1. The van der Waals surface area contributed by atoms with E-state index in [1.165, 1.54) is 11.1 Å². The minimum Gasteiger partial charge on any atom is -0.454 e. The number of likely N-dealkylation sites (N-methyl/N-ethyl adjacent to an activating group) is 1. The summed E-state index contributed by atoms with van der Waals surface area (Å²) in [5, 5.41) is 0. The molecule has 0 aromatic heterocycles. The SMILES string of the molecule is Cc1ccc(N(C=O)C2CCCN(C)C2)cc1C1CCN(Cc2ccc(Oc3cc(F)c(F)cc3F)cc2)CC1.Cl.Cl. The minimum absolute atomic E-state index is 0. The number of halogens is 5. The van der Waals surface area contributed by atoms with E-state index in [1.807, 2.05) is 17.0 Å². The monoisotopic (exact) mass is 623 g/mol. The molecule has 5 rings (SSSR count). The molecule has 2 heterocycles. The molecule has 5 nitrogen and oxygen atoms in total. The lowest BCUT2D eigenvalue weighted by atomic mass is 9.86. The highest BCUT2D eigenvalue weighted by atomic mass is 35.5. The lowest BCUT2D eigenvalue weighted by Crippen LogP contribution is -2.46. The summed E-state index contributed by atoms with van der Waals surface area (Å²) in [5.41, 5.74) is 4.68. The minimum atomic E-state index is -1.25. The topological polar surface area (TPSA) is 36.0 Å². The third-order valence-corrected chi connectivity index (χ3v) is 8.23. The molecule has 0 saturated carbocycles. The molecule has 1 unspecified atom stereocenters. The van der Waals surface area contributed by atoms with Gasteiger partial charge in [-0.15, -0.1) is 24.8 Å². The molecule has 42 heavy (non-hydrogen) atoms. The number of carbonyl (C=O) groups is 1. The first-order valence-electron chi connectivity index (χ1n) is 14.0. The van der Waals surface area contributed by atoms with Crippen molar-refractivity contribution in [2.24, 2.45) is 0 Å². The van der Waals surface area contributed by atoms with Gasteiger partial charge in [-0.2, -0.15) is 0 Å². The summed E-state index contributed by atoms with van der Waals surface area (Å²) in [4.78, 5) is 18.7. The highest BCUT2D eigenvalue weighted by molar-refractivity contribution is 5.85. The molecule has 0 bridgehead atoms. The van der Waals surface area contributed by atoms with E-state index >= 15 is 0 Å². The third-order valence-electron chi connectivity index (χ3n) is 8.23. The predicted octanol–water partition coefficient (Wildman–Crippen LogP) is 7.48. The summed E-state index contributed by atoms with van der Waals surface area (Å²) >= 11 is 0. The van der Waals surface area contributed by atoms with Crippen molar-refractivity contribution in [2.45, 2.75) is 51.1 Å². The van der Waals surface area contributed by atoms with E-state index in [0.29, 0.717) is 23.8 Å². The van der Waals surface area contributed by atoms with Crippen molar-refractivity contribution in [1.29, 1.82) is 0 Å². The number of nitrogens with zero attached hydrogens (tertiary/aromatic N) is 3. The van der Waals surface area contributed by atoms with Gasteiger partial charge in [-0.1, -0.05) is 18.2 Å². The average Bonchev–Trinajstić information content (AvgIpc) is 2.94. The van der Waals surface area contributed by atoms with Crippen LogP contribution >= 0.6 is 24.8 Å². The van der Waals surface area contributed by atoms with Crippen LogP contribution in [0.25, 0.3) is 0 Å². The number of ether oxygens (including phenoxy) is 1. The fraction of sp³-hybridized carbons (Fsp3) is 0.406. The van der Waals surface area contributed by atoms with Gasteiger partial charge in [0.15, 0.2) is 23.2 Å². The molecule has 228 valence electrons. The Morgan fingerprint density at radius 3 is 2.26 bits per heavy atom. The van der Waals surface area contributed by atoms with Crippen molar-refractivity contribution in [1.82, 2.24) is 9.80 Å². The predicted molar refractivity (Wildman–Crippen MR) is 165 cm³/mol. The van der Waals surface area contributed by atoms with E-state index < -0.39 is 17.5 Å². The summed E-state index contributed by atoms with van der Waals surface area (Å²) in [6.45, 7) is 6.82. The number of aryl methyl sites for hydroxylation is 1. The van der Waals surface area contributed by atoms with Gasteiger partial charge in [0.2, 0.25) is 6.41 Å². The lowest BCUT2D eigenvalue weighted by Gasteiger charge is -2.37. The van der Waals surface area contributed by atoms with Gasteiger partial charge in [0.25, 0.3) is 0 Å². The molecule has 2 aliphatic rings. The molecule has 0 N–H and O–H groups in total. The number of benzene rings is 3. The van der Waals surface area contributed by atoms with E-state index in [0.717, 1.165) is 76.1 Å². The van der Waals surface area contributed by atoms with Gasteiger partial charge in [0.05, 0.1) is 0 Å². The van der Waals surface area contributed by atoms with Gasteiger partial charge in [0, 0.05) is 37.0 Å². The van der Waals surface area contributed by atoms with Crippen LogP contribution in [0, 0.1) is 24.4 Å². The molecule has 3 aromatic rings. The standard InChI is InChI=1S/C32H36F3N3O2.2ClH/c1-22-5-8-25(38(21-39)26-4-3-13-36(2)20-26)16-28(22)24-11-14-37(15-12-24)19-23-6-9-27(10-7-23)40-32-18-30(34)29(33)17-31(32)35;;/h5-10,16-18,21,24,26H,3-4,11-15,19-20H2,1-2H3;2*1H. The highest BCUT2D eigenvalue weighted by Gasteiger charge is 2.26. The summed E-state index contributed by atoms with van der Waals surface area (Å²) in [7, 11) is 2.11. The molecule has 1 amide bonds. The Kier molecular flexibility index (Phi) is 12.1. The molecule has 10 heteroatoms. The van der Waals surface area contributed by atoms with Crippen molar-refractivity contribution < 1.29 is 22.7 Å². The zero-order valence-electron chi connectivity index (χ0n) is 23.9. The van der Waals surface area contributed by atoms with Crippen LogP contribution in [0.2, 0.25) is 0 Å². The molecule has 0 radical (unpaired) electrons. The number of hydrogen-bond acceptors (Lipinski definition) is 4. The number of likely N-dealkylation sites (tertiary alicyclic amines) is 2. The number of anilines is 1. The van der Waals surface area contributed by atoms with E-state index in [1.54, 1.807) is 12.1 Å². The maximum atomic E-state index is 13.9. The zero-order valence-corrected chi connectivity index (χ0v) is 25.5. The van der Waals surface area contributed by atoms with Crippen molar-refractivity contribution in [3.8, 4) is 11.5 Å². The van der Waals surface area contributed by atoms with Gasteiger partial charge in [-0.25, -0.2) is 13.2 Å². The van der Waals surface area contributed by atoms with Gasteiger partial charge < -0.3 is 14.5 Å². The van der Waals surface area contributed by atoms with Gasteiger partial charge in [-0.3, -0.25) is 9.69 Å². The first kappa shape index (κ1) is 33.7. The van der Waals surface area contributed by atoms with Crippen LogP contribution in [-0.4, -0.2) is 55.5 Å². The van der Waals surface area contributed by atoms with Crippen LogP contribution < -0.4 is 9.64 Å². The molecule has 1 atom stereocenters. The van der Waals surface area contributed by atoms with Gasteiger partial charge in [0.1, 0.15) is 5.75 Å². The van der Waals surface area contributed by atoms with Gasteiger partial charge in [-0.05, 0) is 106 Å². The van der Waals surface area contributed by atoms with Crippen LogP contribution in [0.1, 0.15) is 48.3 Å². The Labute approximate surface area is 258 Å². The number of hydrogen-bond donors (Lipinski definition) is 0. The number of rotatable bonds is 8. The maximum Gasteiger partial charge on any atom is 0.214 e. The second-order valence-electron chi connectivity index (χ2n) is 11.1. The molecule has 2 fully saturated rings. The number of carbonyl (C=O) groups excluding carboxylic acids is 1. The Morgan fingerprint density at radius 2 is 1.60 bits per heavy atom. The smallest absolute Gasteiger partial charge is 0.214 e. The van der Waals surface area contributed by atoms with E-state index in [2.05, 4.69) is 42.0 Å². The molecule has 3 aromatic carbocycles. The van der Waals surface area contributed by atoms with Crippen LogP contribution in [0.5, 0.6) is 11.5 Å². The lowest BCUT2D eigenvalue weighted by molar-refractivity contribution is -0.108. The fourth-order valence-electron chi connectivity index (χ4n) is 5.98. The number of amides is 1.